The van der Waals surface area contributed by atoms with Crippen molar-refractivity contribution in [3.8, 4) is 0 Å². The number of nitrogens with two attached hydrogens (primary N) is 1. The Kier molecular flexibility index (Phi) is 7.21. The Hall–Kier alpha value is -3.73. The summed E-state index contributed by atoms with van der Waals surface area (Å²) in [5.41, 5.74) is 6.53. The lowest BCUT2D eigenvalue weighted by atomic mass is 10.1. The van der Waals surface area contributed by atoms with Gasteiger partial charge in [-0.25, -0.2) is 13.8 Å². The van der Waals surface area contributed by atoms with Crippen LogP contribution in [0, 0.1) is 18.6 Å². The van der Waals surface area contributed by atoms with Gasteiger partial charge in [-0.3, -0.25) is 19.4 Å². The highest BCUT2D eigenvalue weighted by molar-refractivity contribution is 7.99. The molecule has 0 radical (unpaired) electrons. The number of amides is 2. The summed E-state index contributed by atoms with van der Waals surface area (Å²) in [7, 11) is 0. The molecule has 0 fully saturated rings. The molecule has 32 heavy (non-hydrogen) atoms. The molecule has 3 rings (SSSR count). The van der Waals surface area contributed by atoms with E-state index in [9.17, 15) is 23.2 Å². The van der Waals surface area contributed by atoms with Gasteiger partial charge < -0.3 is 16.4 Å². The number of rotatable bonds is 7. The summed E-state index contributed by atoms with van der Waals surface area (Å²) in [6.45, 7) is 2.33. The number of aromatic nitrogens is 2. The number of nitrogens with zero attached hydrogens (tertiary/aromatic N) is 1. The number of hydrogen-bond donors (Lipinski definition) is 4. The van der Waals surface area contributed by atoms with Gasteiger partial charge in [-0.15, -0.1) is 0 Å². The van der Waals surface area contributed by atoms with Crippen LogP contribution in [-0.2, 0) is 11.3 Å². The number of anilines is 2. The van der Waals surface area contributed by atoms with Crippen molar-refractivity contribution in [2.45, 2.75) is 18.6 Å². The van der Waals surface area contributed by atoms with Crippen LogP contribution in [0.5, 0.6) is 0 Å². The van der Waals surface area contributed by atoms with E-state index >= 15 is 0 Å². The lowest BCUT2D eigenvalue weighted by Crippen LogP contribution is -2.25. The fourth-order valence-corrected chi connectivity index (χ4v) is 3.27. The predicted molar refractivity (Wildman–Crippen MR) is 117 cm³/mol. The summed E-state index contributed by atoms with van der Waals surface area (Å²) in [6.07, 6.45) is 0. The average molecular weight is 459 g/mol. The first kappa shape index (κ1) is 22.9. The van der Waals surface area contributed by atoms with Gasteiger partial charge in [-0.1, -0.05) is 41.6 Å². The van der Waals surface area contributed by atoms with E-state index in [-0.39, 0.29) is 33.9 Å². The first-order valence-corrected chi connectivity index (χ1v) is 10.3. The summed E-state index contributed by atoms with van der Waals surface area (Å²) < 4.78 is 26.3. The largest absolute Gasteiger partial charge is 0.382 e. The Labute approximate surface area is 185 Å². The van der Waals surface area contributed by atoms with Crippen molar-refractivity contribution < 1.29 is 18.4 Å². The van der Waals surface area contributed by atoms with Crippen molar-refractivity contribution in [3.05, 3.63) is 81.1 Å². The number of nitrogen functional groups attached to an aromatic ring is 1. The smallest absolute Gasteiger partial charge is 0.277 e. The van der Waals surface area contributed by atoms with Gasteiger partial charge in [0.25, 0.3) is 11.5 Å². The monoisotopic (exact) mass is 459 g/mol. The van der Waals surface area contributed by atoms with Gasteiger partial charge in [0.15, 0.2) is 22.6 Å². The highest BCUT2D eigenvalue weighted by Crippen LogP contribution is 2.18. The number of carbonyl (C=O) groups excluding carboxylic acids is 2. The van der Waals surface area contributed by atoms with E-state index in [1.54, 1.807) is 0 Å². The maximum atomic E-state index is 13.3. The zero-order valence-electron chi connectivity index (χ0n) is 16.9. The molecule has 2 amide bonds. The fourth-order valence-electron chi connectivity index (χ4n) is 2.57. The lowest BCUT2D eigenvalue weighted by Gasteiger charge is -2.09. The van der Waals surface area contributed by atoms with E-state index in [1.807, 2.05) is 31.2 Å². The molecule has 0 unspecified atom stereocenters. The van der Waals surface area contributed by atoms with Gasteiger partial charge >= 0.3 is 0 Å². The molecule has 1 aromatic heterocycles. The molecule has 0 bridgehead atoms. The van der Waals surface area contributed by atoms with E-state index < -0.39 is 23.1 Å². The Balaban J connectivity index is 1.59. The molecule has 5 N–H and O–H groups in total. The van der Waals surface area contributed by atoms with Crippen molar-refractivity contribution in [3.63, 3.8) is 0 Å². The number of aromatic amines is 1. The van der Waals surface area contributed by atoms with Gasteiger partial charge in [0.05, 0.1) is 5.75 Å². The molecule has 2 aromatic carbocycles. The SMILES string of the molecule is Cc1ccc(CNC(=O)CSc2nc(N)c(NC(=O)c3ccc(F)c(F)c3)c(=O)[nH]2)cc1. The van der Waals surface area contributed by atoms with Crippen LogP contribution in [-0.4, -0.2) is 27.5 Å². The van der Waals surface area contributed by atoms with Gasteiger partial charge in [0, 0.05) is 12.1 Å². The van der Waals surface area contributed by atoms with Crippen LogP contribution in [0.3, 0.4) is 0 Å². The number of thioether (sulfide) groups is 1. The van der Waals surface area contributed by atoms with Crippen LogP contribution in [0.15, 0.2) is 52.4 Å². The van der Waals surface area contributed by atoms with Gasteiger partial charge in [0.2, 0.25) is 5.91 Å². The molecule has 166 valence electrons. The zero-order valence-corrected chi connectivity index (χ0v) is 17.7. The number of H-pyrrole nitrogens is 1. The molecule has 8 nitrogen and oxygen atoms in total. The van der Waals surface area contributed by atoms with Crippen molar-refractivity contribution >= 4 is 35.1 Å². The molecule has 0 saturated heterocycles. The first-order chi connectivity index (χ1) is 15.2. The zero-order chi connectivity index (χ0) is 23.3. The molecule has 0 spiro atoms. The number of aryl methyl sites for hydroxylation is 1. The quantitative estimate of drug-likeness (QED) is 0.317. The Morgan fingerprint density at radius 1 is 1.12 bits per heavy atom. The maximum Gasteiger partial charge on any atom is 0.277 e. The van der Waals surface area contributed by atoms with Crippen LogP contribution in [0.25, 0.3) is 0 Å². The Morgan fingerprint density at radius 2 is 1.84 bits per heavy atom. The third kappa shape index (κ3) is 5.91. The minimum Gasteiger partial charge on any atom is -0.382 e. The van der Waals surface area contributed by atoms with Crippen molar-refractivity contribution in [1.29, 1.82) is 0 Å². The number of nitrogens with one attached hydrogen (secondary N) is 3. The molecule has 3 aromatic rings. The summed E-state index contributed by atoms with van der Waals surface area (Å²) in [6, 6.07) is 10.3. The van der Waals surface area contributed by atoms with E-state index in [4.69, 9.17) is 5.73 Å². The molecule has 0 saturated carbocycles. The summed E-state index contributed by atoms with van der Waals surface area (Å²) in [5, 5.41) is 5.07. The van der Waals surface area contributed by atoms with Crippen LogP contribution in [0.1, 0.15) is 21.5 Å². The number of carbonyl (C=O) groups is 2. The molecular formula is C21H19F2N5O3S. The minimum atomic E-state index is -1.20. The Bertz CT molecular complexity index is 1220. The van der Waals surface area contributed by atoms with Crippen molar-refractivity contribution in [2.75, 3.05) is 16.8 Å². The number of benzene rings is 2. The molecule has 0 atom stereocenters. The molecular weight excluding hydrogens is 440 g/mol. The fraction of sp³-hybridized carbons (Fsp3) is 0.143. The second-order valence-electron chi connectivity index (χ2n) is 6.77. The van der Waals surface area contributed by atoms with Crippen LogP contribution >= 0.6 is 11.8 Å². The van der Waals surface area contributed by atoms with Gasteiger partial charge in [-0.05, 0) is 30.7 Å². The minimum absolute atomic E-state index is 0.0190. The summed E-state index contributed by atoms with van der Waals surface area (Å²) in [4.78, 5) is 42.9. The molecule has 0 aliphatic rings. The topological polar surface area (TPSA) is 130 Å². The number of hydrogen-bond acceptors (Lipinski definition) is 6. The lowest BCUT2D eigenvalue weighted by molar-refractivity contribution is -0.118. The van der Waals surface area contributed by atoms with Crippen LogP contribution in [0.2, 0.25) is 0 Å². The summed E-state index contributed by atoms with van der Waals surface area (Å²) >= 11 is 0.959. The van der Waals surface area contributed by atoms with Crippen LogP contribution < -0.4 is 21.9 Å². The predicted octanol–water partition coefficient (Wildman–Crippen LogP) is 2.60. The van der Waals surface area contributed by atoms with E-state index in [1.165, 1.54) is 0 Å². The molecule has 1 heterocycles. The highest BCUT2D eigenvalue weighted by atomic mass is 32.2. The average Bonchev–Trinajstić information content (AvgIpc) is 2.76. The molecule has 11 heteroatoms. The Morgan fingerprint density at radius 3 is 2.50 bits per heavy atom. The molecule has 0 aliphatic carbocycles. The van der Waals surface area contributed by atoms with Gasteiger partial charge in [0.1, 0.15) is 5.69 Å². The van der Waals surface area contributed by atoms with Crippen LogP contribution in [0.4, 0.5) is 20.3 Å². The normalized spacial score (nSPS) is 10.6. The second kappa shape index (κ2) is 10.1. The third-order valence-corrected chi connectivity index (χ3v) is 5.17. The molecule has 0 aliphatic heterocycles. The second-order valence-corrected chi connectivity index (χ2v) is 7.73. The van der Waals surface area contributed by atoms with E-state index in [0.717, 1.165) is 35.0 Å². The van der Waals surface area contributed by atoms with Gasteiger partial charge in [-0.2, -0.15) is 0 Å². The van der Waals surface area contributed by atoms with Crippen molar-refractivity contribution in [2.24, 2.45) is 0 Å². The summed E-state index contributed by atoms with van der Waals surface area (Å²) in [5.74, 6) is -3.75. The highest BCUT2D eigenvalue weighted by Gasteiger charge is 2.16. The first-order valence-electron chi connectivity index (χ1n) is 9.34. The van der Waals surface area contributed by atoms with E-state index in [2.05, 4.69) is 20.6 Å². The van der Waals surface area contributed by atoms with E-state index in [0.29, 0.717) is 12.6 Å². The van der Waals surface area contributed by atoms with Crippen molar-refractivity contribution in [1.82, 2.24) is 15.3 Å². The maximum absolute atomic E-state index is 13.3. The standard InChI is InChI=1S/C21H19F2N5O3S/c1-11-2-4-12(5-3-11)9-25-16(29)10-32-21-27-18(24)17(20(31)28-21)26-19(30)13-6-7-14(22)15(23)8-13/h2-8H,9-10H2,1H3,(H,25,29)(H,26,30)(H3,24,27,28,31). The number of halogens is 2. The third-order valence-electron chi connectivity index (χ3n) is 4.30.